The molecule has 0 unspecified atom stereocenters. The first-order valence-corrected chi connectivity index (χ1v) is 4.44. The standard InChI is InChI=1S/C9H8N4S/c10-7-3-1-6(2-4-7)8-5-11-13-9(14)12-8/h1-5H,10H2,(H,12,13,14). The molecule has 0 bridgehead atoms. The van der Waals surface area contributed by atoms with Gasteiger partial charge in [0.1, 0.15) is 0 Å². The SMILES string of the molecule is Nc1ccc(-c2cn[nH]c(=S)n2)cc1. The van der Waals surface area contributed by atoms with E-state index in [0.29, 0.717) is 4.77 Å². The van der Waals surface area contributed by atoms with Crippen LogP contribution in [-0.4, -0.2) is 15.2 Å². The summed E-state index contributed by atoms with van der Waals surface area (Å²) >= 11 is 4.87. The molecule has 1 heterocycles. The van der Waals surface area contributed by atoms with Gasteiger partial charge in [-0.05, 0) is 24.4 Å². The van der Waals surface area contributed by atoms with Gasteiger partial charge >= 0.3 is 0 Å². The Labute approximate surface area is 85.8 Å². The quantitative estimate of drug-likeness (QED) is 0.549. The summed E-state index contributed by atoms with van der Waals surface area (Å²) in [5.74, 6) is 0. The Hall–Kier alpha value is -1.75. The van der Waals surface area contributed by atoms with Crippen molar-refractivity contribution in [2.75, 3.05) is 5.73 Å². The van der Waals surface area contributed by atoms with Crippen LogP contribution in [0.3, 0.4) is 0 Å². The van der Waals surface area contributed by atoms with Gasteiger partial charge in [-0.15, -0.1) is 0 Å². The third-order valence-electron chi connectivity index (χ3n) is 1.78. The molecule has 0 aliphatic carbocycles. The van der Waals surface area contributed by atoms with E-state index in [-0.39, 0.29) is 0 Å². The van der Waals surface area contributed by atoms with Crippen LogP contribution >= 0.6 is 12.2 Å². The van der Waals surface area contributed by atoms with Crippen LogP contribution in [0.25, 0.3) is 11.3 Å². The van der Waals surface area contributed by atoms with E-state index in [0.717, 1.165) is 16.9 Å². The number of hydrogen-bond acceptors (Lipinski definition) is 4. The highest BCUT2D eigenvalue weighted by Gasteiger charge is 1.98. The molecule has 4 nitrogen and oxygen atoms in total. The number of hydrogen-bond donors (Lipinski definition) is 2. The van der Waals surface area contributed by atoms with Gasteiger partial charge in [0.15, 0.2) is 0 Å². The first-order chi connectivity index (χ1) is 6.75. The van der Waals surface area contributed by atoms with E-state index in [1.165, 1.54) is 0 Å². The molecule has 0 radical (unpaired) electrons. The van der Waals surface area contributed by atoms with E-state index in [1.54, 1.807) is 6.20 Å². The first kappa shape index (κ1) is 8.83. The number of anilines is 1. The van der Waals surface area contributed by atoms with Crippen molar-refractivity contribution in [1.82, 2.24) is 15.2 Å². The second-order valence-corrected chi connectivity index (χ2v) is 3.18. The molecular formula is C9H8N4S. The summed E-state index contributed by atoms with van der Waals surface area (Å²) in [4.78, 5) is 4.13. The number of benzene rings is 1. The molecule has 0 saturated heterocycles. The van der Waals surface area contributed by atoms with Crippen LogP contribution in [0.4, 0.5) is 5.69 Å². The Kier molecular flexibility index (Phi) is 2.24. The summed E-state index contributed by atoms with van der Waals surface area (Å²) in [7, 11) is 0. The summed E-state index contributed by atoms with van der Waals surface area (Å²) < 4.78 is 0.374. The molecule has 1 aromatic carbocycles. The van der Waals surface area contributed by atoms with Gasteiger partial charge in [0.05, 0.1) is 11.9 Å². The molecule has 0 aliphatic rings. The molecular weight excluding hydrogens is 196 g/mol. The average Bonchev–Trinajstić information content (AvgIpc) is 2.19. The summed E-state index contributed by atoms with van der Waals surface area (Å²) in [6.45, 7) is 0. The van der Waals surface area contributed by atoms with Gasteiger partial charge in [0.2, 0.25) is 4.77 Å². The number of aromatic amines is 1. The predicted octanol–water partition coefficient (Wildman–Crippen LogP) is 1.78. The van der Waals surface area contributed by atoms with Crippen LogP contribution in [0.2, 0.25) is 0 Å². The van der Waals surface area contributed by atoms with Crippen molar-refractivity contribution in [1.29, 1.82) is 0 Å². The van der Waals surface area contributed by atoms with Crippen LogP contribution < -0.4 is 5.73 Å². The zero-order valence-electron chi connectivity index (χ0n) is 7.27. The summed E-state index contributed by atoms with van der Waals surface area (Å²) in [5.41, 5.74) is 7.99. The van der Waals surface area contributed by atoms with Crippen molar-refractivity contribution in [2.45, 2.75) is 0 Å². The highest BCUT2D eigenvalue weighted by atomic mass is 32.1. The highest BCUT2D eigenvalue weighted by Crippen LogP contribution is 2.16. The molecule has 3 N–H and O–H groups in total. The molecule has 1 aromatic heterocycles. The van der Waals surface area contributed by atoms with Crippen LogP contribution in [0.15, 0.2) is 30.5 Å². The summed E-state index contributed by atoms with van der Waals surface area (Å²) in [6.07, 6.45) is 1.63. The van der Waals surface area contributed by atoms with Gasteiger partial charge in [0, 0.05) is 11.3 Å². The van der Waals surface area contributed by atoms with Gasteiger partial charge in [-0.1, -0.05) is 12.1 Å². The lowest BCUT2D eigenvalue weighted by atomic mass is 10.1. The van der Waals surface area contributed by atoms with Crippen LogP contribution in [0, 0.1) is 4.77 Å². The highest BCUT2D eigenvalue weighted by molar-refractivity contribution is 7.71. The maximum absolute atomic E-state index is 5.57. The molecule has 2 aromatic rings. The van der Waals surface area contributed by atoms with Gasteiger partial charge in [-0.2, -0.15) is 5.10 Å². The van der Waals surface area contributed by atoms with E-state index in [4.69, 9.17) is 18.0 Å². The average molecular weight is 204 g/mol. The van der Waals surface area contributed by atoms with Crippen LogP contribution in [-0.2, 0) is 0 Å². The Morgan fingerprint density at radius 2 is 1.93 bits per heavy atom. The second-order valence-electron chi connectivity index (χ2n) is 2.79. The van der Waals surface area contributed by atoms with Crippen molar-refractivity contribution in [3.8, 4) is 11.3 Å². The third-order valence-corrected chi connectivity index (χ3v) is 1.96. The molecule has 0 spiro atoms. The molecule has 0 saturated carbocycles. The van der Waals surface area contributed by atoms with Crippen LogP contribution in [0.5, 0.6) is 0 Å². The number of nitrogens with two attached hydrogens (primary N) is 1. The van der Waals surface area contributed by atoms with E-state index < -0.39 is 0 Å². The second kappa shape index (κ2) is 3.55. The smallest absolute Gasteiger partial charge is 0.214 e. The number of H-pyrrole nitrogens is 1. The fraction of sp³-hybridized carbons (Fsp3) is 0. The molecule has 14 heavy (non-hydrogen) atoms. The third kappa shape index (κ3) is 1.77. The van der Waals surface area contributed by atoms with Crippen molar-refractivity contribution in [2.24, 2.45) is 0 Å². The lowest BCUT2D eigenvalue weighted by molar-refractivity contribution is 0.953. The fourth-order valence-electron chi connectivity index (χ4n) is 1.10. The number of nitrogens with zero attached hydrogens (tertiary/aromatic N) is 2. The lowest BCUT2D eigenvalue weighted by Gasteiger charge is -1.99. The van der Waals surface area contributed by atoms with Gasteiger partial charge in [-0.3, -0.25) is 5.10 Å². The molecule has 2 rings (SSSR count). The number of nitrogens with one attached hydrogen (secondary N) is 1. The topological polar surface area (TPSA) is 67.6 Å². The monoisotopic (exact) mass is 204 g/mol. The van der Waals surface area contributed by atoms with Crippen LogP contribution in [0.1, 0.15) is 0 Å². The normalized spacial score (nSPS) is 10.0. The molecule has 0 fully saturated rings. The minimum Gasteiger partial charge on any atom is -0.399 e. The lowest BCUT2D eigenvalue weighted by Crippen LogP contribution is -1.90. The Morgan fingerprint density at radius 1 is 1.21 bits per heavy atom. The van der Waals surface area contributed by atoms with Gasteiger partial charge in [-0.25, -0.2) is 4.98 Å². The fourth-order valence-corrected chi connectivity index (χ4v) is 1.26. The molecule has 5 heteroatoms. The van der Waals surface area contributed by atoms with Gasteiger partial charge < -0.3 is 5.73 Å². The van der Waals surface area contributed by atoms with E-state index >= 15 is 0 Å². The molecule has 0 aliphatic heterocycles. The van der Waals surface area contributed by atoms with E-state index in [9.17, 15) is 0 Å². The Balaban J connectivity index is 2.50. The van der Waals surface area contributed by atoms with E-state index in [1.807, 2.05) is 24.3 Å². The van der Waals surface area contributed by atoms with Crippen molar-refractivity contribution < 1.29 is 0 Å². The minimum absolute atomic E-state index is 0.374. The number of aromatic nitrogens is 3. The minimum atomic E-state index is 0.374. The zero-order chi connectivity index (χ0) is 9.97. The maximum Gasteiger partial charge on any atom is 0.214 e. The van der Waals surface area contributed by atoms with Crippen molar-refractivity contribution >= 4 is 17.9 Å². The largest absolute Gasteiger partial charge is 0.399 e. The zero-order valence-corrected chi connectivity index (χ0v) is 8.08. The first-order valence-electron chi connectivity index (χ1n) is 4.03. The van der Waals surface area contributed by atoms with E-state index in [2.05, 4.69) is 15.2 Å². The number of rotatable bonds is 1. The van der Waals surface area contributed by atoms with Crippen molar-refractivity contribution in [3.63, 3.8) is 0 Å². The molecule has 0 atom stereocenters. The predicted molar refractivity (Wildman–Crippen MR) is 57.1 cm³/mol. The summed E-state index contributed by atoms with van der Waals surface area (Å²) in [6, 6.07) is 7.40. The molecule has 0 amide bonds. The number of nitrogen functional groups attached to an aromatic ring is 1. The Morgan fingerprint density at radius 3 is 2.57 bits per heavy atom. The Bertz CT molecular complexity index is 489. The summed E-state index contributed by atoms with van der Waals surface area (Å²) in [5, 5.41) is 6.44. The van der Waals surface area contributed by atoms with Crippen molar-refractivity contribution in [3.05, 3.63) is 35.2 Å². The maximum atomic E-state index is 5.57. The van der Waals surface area contributed by atoms with Gasteiger partial charge in [0.25, 0.3) is 0 Å². The molecule has 70 valence electrons.